The van der Waals surface area contributed by atoms with Gasteiger partial charge in [0.15, 0.2) is 0 Å². The number of aryl methyl sites for hydroxylation is 1. The van der Waals surface area contributed by atoms with Crippen LogP contribution in [0, 0.1) is 0 Å². The van der Waals surface area contributed by atoms with E-state index in [0.29, 0.717) is 5.82 Å². The minimum Gasteiger partial charge on any atom is -0.234 e. The van der Waals surface area contributed by atoms with E-state index in [1.54, 1.807) is 36.4 Å². The van der Waals surface area contributed by atoms with Gasteiger partial charge in [0.1, 0.15) is 4.90 Å². The highest BCUT2D eigenvalue weighted by Gasteiger charge is 2.21. The van der Waals surface area contributed by atoms with Gasteiger partial charge in [-0.05, 0) is 31.0 Å². The molecule has 0 aliphatic carbocycles. The number of rotatable bonds is 8. The fraction of sp³-hybridized carbons (Fsp3) is 0.353. The Morgan fingerprint density at radius 2 is 1.68 bits per heavy atom. The largest absolute Gasteiger partial charge is 0.328 e. The summed E-state index contributed by atoms with van der Waals surface area (Å²) in [6, 6.07) is 14.0. The summed E-state index contributed by atoms with van der Waals surface area (Å²) in [5.41, 5.74) is 0. The summed E-state index contributed by atoms with van der Waals surface area (Å²) in [5.74, 6) is 0.600. The number of benzene rings is 1. The first-order chi connectivity index (χ1) is 10.6. The molecule has 0 aliphatic rings. The maximum atomic E-state index is 12.4. The van der Waals surface area contributed by atoms with Crippen molar-refractivity contribution in [2.45, 2.75) is 44.0 Å². The van der Waals surface area contributed by atoms with Crippen LogP contribution in [0.4, 0.5) is 5.82 Å². The van der Waals surface area contributed by atoms with Crippen LogP contribution in [0.5, 0.6) is 0 Å². The van der Waals surface area contributed by atoms with E-state index in [4.69, 9.17) is 0 Å². The molecule has 0 atom stereocenters. The lowest BCUT2D eigenvalue weighted by atomic mass is 10.2. The van der Waals surface area contributed by atoms with E-state index in [2.05, 4.69) is 11.6 Å². The Balaban J connectivity index is 2.12. The molecule has 0 amide bonds. The second-order valence-electron chi connectivity index (χ2n) is 5.26. The van der Waals surface area contributed by atoms with E-state index >= 15 is 0 Å². The molecule has 0 bridgehead atoms. The summed E-state index contributed by atoms with van der Waals surface area (Å²) in [5, 5.41) is 0. The Morgan fingerprint density at radius 1 is 0.955 bits per heavy atom. The SMILES string of the molecule is CCCCCC[n+]1ccccc1NS(=O)(=O)c1ccccc1. The van der Waals surface area contributed by atoms with Crippen molar-refractivity contribution in [2.75, 3.05) is 4.72 Å². The molecule has 1 N–H and O–H groups in total. The molecule has 1 aromatic heterocycles. The highest BCUT2D eigenvalue weighted by molar-refractivity contribution is 7.92. The van der Waals surface area contributed by atoms with Crippen molar-refractivity contribution in [1.82, 2.24) is 0 Å². The number of pyridine rings is 1. The lowest BCUT2D eigenvalue weighted by molar-refractivity contribution is -0.683. The number of hydrogen-bond donors (Lipinski definition) is 1. The molecule has 0 aliphatic heterocycles. The maximum Gasteiger partial charge on any atom is 0.328 e. The summed E-state index contributed by atoms with van der Waals surface area (Å²) in [6.45, 7) is 2.99. The van der Waals surface area contributed by atoms with Gasteiger partial charge in [-0.1, -0.05) is 44.0 Å². The Kier molecular flexibility index (Phi) is 5.95. The maximum absolute atomic E-state index is 12.4. The topological polar surface area (TPSA) is 50.1 Å². The number of nitrogens with zero attached hydrogens (tertiary/aromatic N) is 1. The Hall–Kier alpha value is -1.88. The van der Waals surface area contributed by atoms with Crippen LogP contribution in [0.2, 0.25) is 0 Å². The molecule has 5 heteroatoms. The van der Waals surface area contributed by atoms with Gasteiger partial charge in [0, 0.05) is 6.07 Å². The summed E-state index contributed by atoms with van der Waals surface area (Å²) in [4.78, 5) is 0.274. The fourth-order valence-corrected chi connectivity index (χ4v) is 3.36. The summed E-state index contributed by atoms with van der Waals surface area (Å²) < 4.78 is 29.4. The third kappa shape index (κ3) is 4.56. The summed E-state index contributed by atoms with van der Waals surface area (Å²) >= 11 is 0. The molecule has 1 heterocycles. The smallest absolute Gasteiger partial charge is 0.234 e. The molecular weight excluding hydrogens is 296 g/mol. The van der Waals surface area contributed by atoms with Gasteiger partial charge >= 0.3 is 10.0 Å². The first-order valence-corrected chi connectivity index (χ1v) is 9.18. The van der Waals surface area contributed by atoms with E-state index in [-0.39, 0.29) is 4.90 Å². The summed E-state index contributed by atoms with van der Waals surface area (Å²) in [7, 11) is -3.54. The monoisotopic (exact) mass is 319 g/mol. The molecular formula is C17H23N2O2S+. The zero-order valence-electron chi connectivity index (χ0n) is 12.9. The van der Waals surface area contributed by atoms with Gasteiger partial charge in [0.2, 0.25) is 0 Å². The first kappa shape index (κ1) is 16.5. The van der Waals surface area contributed by atoms with Crippen molar-refractivity contribution in [3.8, 4) is 0 Å². The Morgan fingerprint density at radius 3 is 2.41 bits per heavy atom. The molecule has 118 valence electrons. The molecule has 1 aromatic carbocycles. The first-order valence-electron chi connectivity index (χ1n) is 7.70. The van der Waals surface area contributed by atoms with Gasteiger partial charge in [0.25, 0.3) is 5.82 Å². The lowest BCUT2D eigenvalue weighted by Gasteiger charge is -2.07. The number of nitrogens with one attached hydrogen (secondary N) is 1. The molecule has 0 saturated carbocycles. The quantitative estimate of drug-likeness (QED) is 0.599. The average Bonchev–Trinajstić information content (AvgIpc) is 2.53. The molecule has 0 spiro atoms. The molecule has 22 heavy (non-hydrogen) atoms. The third-order valence-corrected chi connectivity index (χ3v) is 4.86. The molecule has 0 unspecified atom stereocenters. The molecule has 2 aromatic rings. The highest BCUT2D eigenvalue weighted by atomic mass is 32.2. The van der Waals surface area contributed by atoms with Crippen LogP contribution in [-0.2, 0) is 16.6 Å². The van der Waals surface area contributed by atoms with Crippen LogP contribution in [0.1, 0.15) is 32.6 Å². The van der Waals surface area contributed by atoms with Crippen molar-refractivity contribution < 1.29 is 13.0 Å². The van der Waals surface area contributed by atoms with Gasteiger partial charge in [-0.15, -0.1) is 0 Å². The number of aromatic nitrogens is 1. The molecule has 0 radical (unpaired) electrons. The standard InChI is InChI=1S/C17H22N2O2S/c1-2-3-4-9-14-19-15-10-8-13-17(19)18-22(20,21)16-11-6-5-7-12-16/h5-8,10-13,15H,2-4,9,14H2,1H3/p+1. The molecule has 4 nitrogen and oxygen atoms in total. The van der Waals surface area contributed by atoms with Crippen LogP contribution in [0.3, 0.4) is 0 Å². The van der Waals surface area contributed by atoms with Crippen molar-refractivity contribution >= 4 is 15.8 Å². The zero-order chi connectivity index (χ0) is 15.8. The minimum absolute atomic E-state index is 0.274. The van der Waals surface area contributed by atoms with Gasteiger partial charge in [-0.25, -0.2) is 4.57 Å². The van der Waals surface area contributed by atoms with Crippen molar-refractivity contribution in [3.05, 3.63) is 54.7 Å². The van der Waals surface area contributed by atoms with E-state index < -0.39 is 10.0 Å². The fourth-order valence-electron chi connectivity index (χ4n) is 2.27. The number of sulfonamides is 1. The van der Waals surface area contributed by atoms with Crippen molar-refractivity contribution in [1.29, 1.82) is 0 Å². The third-order valence-electron chi connectivity index (χ3n) is 3.49. The highest BCUT2D eigenvalue weighted by Crippen LogP contribution is 2.12. The summed E-state index contributed by atoms with van der Waals surface area (Å²) in [6.07, 6.45) is 6.51. The van der Waals surface area contributed by atoms with Gasteiger partial charge in [0.05, 0.1) is 12.7 Å². The van der Waals surface area contributed by atoms with Crippen LogP contribution in [0.15, 0.2) is 59.6 Å². The van der Waals surface area contributed by atoms with E-state index in [9.17, 15) is 8.42 Å². The molecule has 2 rings (SSSR count). The lowest BCUT2D eigenvalue weighted by Crippen LogP contribution is -2.38. The second-order valence-corrected chi connectivity index (χ2v) is 6.94. The van der Waals surface area contributed by atoms with Crippen LogP contribution in [-0.4, -0.2) is 8.42 Å². The molecule has 0 saturated heterocycles. The normalized spacial score (nSPS) is 11.3. The number of anilines is 1. The Labute approximate surface area is 132 Å². The van der Waals surface area contributed by atoms with Gasteiger partial charge in [-0.2, -0.15) is 13.1 Å². The predicted octanol–water partition coefficient (Wildman–Crippen LogP) is 3.36. The number of unbranched alkanes of at least 4 members (excludes halogenated alkanes) is 3. The van der Waals surface area contributed by atoms with E-state index in [1.807, 2.05) is 22.9 Å². The average molecular weight is 319 g/mol. The van der Waals surface area contributed by atoms with Gasteiger partial charge < -0.3 is 0 Å². The predicted molar refractivity (Wildman–Crippen MR) is 88.0 cm³/mol. The van der Waals surface area contributed by atoms with E-state index in [0.717, 1.165) is 19.4 Å². The second kappa shape index (κ2) is 7.94. The molecule has 0 fully saturated rings. The number of hydrogen-bond acceptors (Lipinski definition) is 2. The minimum atomic E-state index is -3.54. The van der Waals surface area contributed by atoms with Gasteiger partial charge in [-0.3, -0.25) is 0 Å². The van der Waals surface area contributed by atoms with Crippen molar-refractivity contribution in [2.24, 2.45) is 0 Å². The van der Waals surface area contributed by atoms with Crippen molar-refractivity contribution in [3.63, 3.8) is 0 Å². The Bertz CT molecular complexity index is 685. The van der Waals surface area contributed by atoms with Crippen LogP contribution >= 0.6 is 0 Å². The zero-order valence-corrected chi connectivity index (χ0v) is 13.7. The van der Waals surface area contributed by atoms with Crippen LogP contribution in [0.25, 0.3) is 0 Å². The van der Waals surface area contributed by atoms with Crippen LogP contribution < -0.4 is 9.29 Å². The van der Waals surface area contributed by atoms with E-state index in [1.165, 1.54) is 12.8 Å².